The van der Waals surface area contributed by atoms with E-state index in [1.54, 1.807) is 24.3 Å². The summed E-state index contributed by atoms with van der Waals surface area (Å²) in [5.41, 5.74) is 2.19. The molecule has 2 rings (SSSR count). The summed E-state index contributed by atoms with van der Waals surface area (Å²) >= 11 is 0. The Bertz CT molecular complexity index is 1090. The first kappa shape index (κ1) is 27.2. The van der Waals surface area contributed by atoms with Gasteiger partial charge in [-0.15, -0.1) is 0 Å². The van der Waals surface area contributed by atoms with Crippen LogP contribution in [0.1, 0.15) is 37.8 Å². The maximum Gasteiger partial charge on any atom is 0.244 e. The number of rotatable bonds is 12. The van der Waals surface area contributed by atoms with Gasteiger partial charge in [0.2, 0.25) is 21.8 Å². The molecule has 2 aromatic rings. The number of hydrogen-bond acceptors (Lipinski definition) is 5. The molecule has 0 saturated carbocycles. The van der Waals surface area contributed by atoms with Gasteiger partial charge in [0.15, 0.2) is 0 Å². The molecular formula is C25H35N3O5S. The fourth-order valence-electron chi connectivity index (χ4n) is 3.64. The van der Waals surface area contributed by atoms with Crippen LogP contribution in [0.4, 0.5) is 5.69 Å². The molecule has 0 aliphatic rings. The average Bonchev–Trinajstić information content (AvgIpc) is 2.81. The third-order valence-corrected chi connectivity index (χ3v) is 6.70. The standard InChI is InChI=1S/C25H35N3O5S/c1-6-15-26-25(30)23(7-2)27(17-20-12-9-8-11-19(20)3)24(29)18-28(34(5,31)32)21-13-10-14-22(16-21)33-4/h8-14,16,23H,6-7,15,17-18H2,1-5H3,(H,26,30). The monoisotopic (exact) mass is 489 g/mol. The Kier molecular flexibility index (Phi) is 9.92. The quantitative estimate of drug-likeness (QED) is 0.494. The van der Waals surface area contributed by atoms with Crippen LogP contribution in [0.25, 0.3) is 0 Å². The second kappa shape index (κ2) is 12.4. The van der Waals surface area contributed by atoms with E-state index in [0.717, 1.165) is 28.1 Å². The number of methoxy groups -OCH3 is 1. The van der Waals surface area contributed by atoms with E-state index in [2.05, 4.69) is 5.32 Å². The summed E-state index contributed by atoms with van der Waals surface area (Å²) in [6.45, 7) is 5.99. The van der Waals surface area contributed by atoms with Gasteiger partial charge >= 0.3 is 0 Å². The van der Waals surface area contributed by atoms with Gasteiger partial charge < -0.3 is 15.0 Å². The van der Waals surface area contributed by atoms with Crippen molar-refractivity contribution in [1.29, 1.82) is 0 Å². The number of carbonyl (C=O) groups excluding carboxylic acids is 2. The van der Waals surface area contributed by atoms with Crippen molar-refractivity contribution >= 4 is 27.5 Å². The lowest BCUT2D eigenvalue weighted by Gasteiger charge is -2.33. The number of aryl methyl sites for hydroxylation is 1. The average molecular weight is 490 g/mol. The highest BCUT2D eigenvalue weighted by atomic mass is 32.2. The zero-order valence-electron chi connectivity index (χ0n) is 20.6. The van der Waals surface area contributed by atoms with Crippen LogP contribution < -0.4 is 14.4 Å². The maximum atomic E-state index is 13.6. The fourth-order valence-corrected chi connectivity index (χ4v) is 4.48. The molecule has 0 bridgehead atoms. The molecule has 0 heterocycles. The minimum absolute atomic E-state index is 0.194. The van der Waals surface area contributed by atoms with Gasteiger partial charge in [-0.1, -0.05) is 44.2 Å². The van der Waals surface area contributed by atoms with Crippen molar-refractivity contribution in [1.82, 2.24) is 10.2 Å². The van der Waals surface area contributed by atoms with Crippen LogP contribution in [0, 0.1) is 6.92 Å². The van der Waals surface area contributed by atoms with Crippen molar-refractivity contribution in [3.8, 4) is 5.75 Å². The van der Waals surface area contributed by atoms with E-state index in [1.807, 2.05) is 45.0 Å². The normalized spacial score (nSPS) is 12.0. The molecule has 1 unspecified atom stereocenters. The largest absolute Gasteiger partial charge is 0.497 e. The molecule has 0 spiro atoms. The predicted molar refractivity (Wildman–Crippen MR) is 134 cm³/mol. The van der Waals surface area contributed by atoms with Crippen LogP contribution in [-0.2, 0) is 26.2 Å². The van der Waals surface area contributed by atoms with Crippen LogP contribution in [0.2, 0.25) is 0 Å². The van der Waals surface area contributed by atoms with E-state index in [0.29, 0.717) is 24.4 Å². The third kappa shape index (κ3) is 7.21. The first-order chi connectivity index (χ1) is 16.1. The van der Waals surface area contributed by atoms with Crippen LogP contribution >= 0.6 is 0 Å². The molecule has 34 heavy (non-hydrogen) atoms. The first-order valence-electron chi connectivity index (χ1n) is 11.4. The zero-order valence-corrected chi connectivity index (χ0v) is 21.4. The molecule has 0 radical (unpaired) electrons. The Labute approximate surface area is 202 Å². The molecule has 0 aromatic heterocycles. The third-order valence-electron chi connectivity index (χ3n) is 5.56. The number of sulfonamides is 1. The van der Waals surface area contributed by atoms with Crippen molar-refractivity contribution in [2.45, 2.75) is 46.2 Å². The number of carbonyl (C=O) groups is 2. The molecule has 0 saturated heterocycles. The SMILES string of the molecule is CCCNC(=O)C(CC)N(Cc1ccccc1C)C(=O)CN(c1cccc(OC)c1)S(C)(=O)=O. The summed E-state index contributed by atoms with van der Waals surface area (Å²) in [6.07, 6.45) is 2.22. The molecule has 186 valence electrons. The summed E-state index contributed by atoms with van der Waals surface area (Å²) in [5.74, 6) is -0.241. The van der Waals surface area contributed by atoms with E-state index < -0.39 is 28.5 Å². The van der Waals surface area contributed by atoms with Crippen LogP contribution in [0.3, 0.4) is 0 Å². The van der Waals surface area contributed by atoms with E-state index in [9.17, 15) is 18.0 Å². The predicted octanol–water partition coefficient (Wildman–Crippen LogP) is 3.10. The summed E-state index contributed by atoms with van der Waals surface area (Å²) in [7, 11) is -2.30. The minimum atomic E-state index is -3.79. The Morgan fingerprint density at radius 3 is 2.38 bits per heavy atom. The van der Waals surface area contributed by atoms with Gasteiger partial charge in [-0.3, -0.25) is 13.9 Å². The van der Waals surface area contributed by atoms with Gasteiger partial charge in [0.1, 0.15) is 18.3 Å². The highest BCUT2D eigenvalue weighted by Gasteiger charge is 2.31. The van der Waals surface area contributed by atoms with Gasteiger partial charge in [0.25, 0.3) is 0 Å². The van der Waals surface area contributed by atoms with Crippen molar-refractivity contribution in [3.05, 3.63) is 59.7 Å². The van der Waals surface area contributed by atoms with Crippen LogP contribution in [0.15, 0.2) is 48.5 Å². The molecule has 1 N–H and O–H groups in total. The van der Waals surface area contributed by atoms with Gasteiger partial charge in [0.05, 0.1) is 19.1 Å². The van der Waals surface area contributed by atoms with Crippen LogP contribution in [0.5, 0.6) is 5.75 Å². The van der Waals surface area contributed by atoms with Crippen molar-refractivity contribution in [3.63, 3.8) is 0 Å². The van der Waals surface area contributed by atoms with Gasteiger partial charge in [0, 0.05) is 19.2 Å². The molecule has 1 atom stereocenters. The number of nitrogens with one attached hydrogen (secondary N) is 1. The van der Waals surface area contributed by atoms with Crippen molar-refractivity contribution < 1.29 is 22.7 Å². The van der Waals surface area contributed by atoms with E-state index in [1.165, 1.54) is 12.0 Å². The summed E-state index contributed by atoms with van der Waals surface area (Å²) < 4.78 is 31.6. The summed E-state index contributed by atoms with van der Waals surface area (Å²) in [5, 5.41) is 2.87. The second-order valence-corrected chi connectivity index (χ2v) is 10.0. The number of anilines is 1. The minimum Gasteiger partial charge on any atom is -0.497 e. The number of benzene rings is 2. The van der Waals surface area contributed by atoms with Crippen molar-refractivity contribution in [2.75, 3.05) is 30.8 Å². The van der Waals surface area contributed by atoms with Crippen molar-refractivity contribution in [2.24, 2.45) is 0 Å². The summed E-state index contributed by atoms with van der Waals surface area (Å²) in [6, 6.07) is 13.4. The fraction of sp³-hybridized carbons (Fsp3) is 0.440. The Balaban J connectivity index is 2.45. The van der Waals surface area contributed by atoms with Gasteiger partial charge in [-0.05, 0) is 43.0 Å². The molecular weight excluding hydrogens is 454 g/mol. The molecule has 0 aliphatic carbocycles. The Hall–Kier alpha value is -3.07. The number of nitrogens with zero attached hydrogens (tertiary/aromatic N) is 2. The molecule has 0 aliphatic heterocycles. The van der Waals surface area contributed by atoms with E-state index in [4.69, 9.17) is 4.74 Å². The number of amides is 2. The first-order valence-corrected chi connectivity index (χ1v) is 13.2. The van der Waals surface area contributed by atoms with E-state index >= 15 is 0 Å². The summed E-state index contributed by atoms with van der Waals surface area (Å²) in [4.78, 5) is 28.0. The lowest BCUT2D eigenvalue weighted by molar-refractivity contribution is -0.140. The topological polar surface area (TPSA) is 96.0 Å². The highest BCUT2D eigenvalue weighted by molar-refractivity contribution is 7.92. The Morgan fingerprint density at radius 1 is 1.09 bits per heavy atom. The molecule has 9 heteroatoms. The molecule has 2 amide bonds. The molecule has 0 fully saturated rings. The second-order valence-electron chi connectivity index (χ2n) is 8.13. The van der Waals surface area contributed by atoms with Crippen LogP contribution in [-0.4, -0.2) is 57.6 Å². The maximum absolute atomic E-state index is 13.6. The number of ether oxygens (including phenoxy) is 1. The number of hydrogen-bond donors (Lipinski definition) is 1. The van der Waals surface area contributed by atoms with E-state index in [-0.39, 0.29) is 12.5 Å². The lowest BCUT2D eigenvalue weighted by Crippen LogP contribution is -2.52. The van der Waals surface area contributed by atoms with Gasteiger partial charge in [-0.25, -0.2) is 8.42 Å². The Morgan fingerprint density at radius 2 is 1.79 bits per heavy atom. The zero-order chi connectivity index (χ0) is 25.3. The van der Waals surface area contributed by atoms with Gasteiger partial charge in [-0.2, -0.15) is 0 Å². The molecule has 8 nitrogen and oxygen atoms in total. The highest BCUT2D eigenvalue weighted by Crippen LogP contribution is 2.24. The molecule has 2 aromatic carbocycles. The lowest BCUT2D eigenvalue weighted by atomic mass is 10.1. The smallest absolute Gasteiger partial charge is 0.244 e.